The molecule has 0 bridgehead atoms. The average Bonchev–Trinajstić information content (AvgIpc) is 3.36. The predicted molar refractivity (Wildman–Crippen MR) is 149 cm³/mol. The third-order valence-corrected chi connectivity index (χ3v) is 7.01. The van der Waals surface area contributed by atoms with E-state index >= 15 is 0 Å². The topological polar surface area (TPSA) is 57.6 Å². The van der Waals surface area contributed by atoms with E-state index in [0.29, 0.717) is 27.7 Å². The van der Waals surface area contributed by atoms with Crippen LogP contribution < -0.4 is 5.56 Å². The van der Waals surface area contributed by atoms with Gasteiger partial charge in [0.05, 0.1) is 22.5 Å². The molecule has 0 radical (unpaired) electrons. The number of hydrogen-bond donors (Lipinski definition) is 0. The summed E-state index contributed by atoms with van der Waals surface area (Å²) in [6, 6.07) is 29.7. The Morgan fingerprint density at radius 3 is 1.95 bits per heavy atom. The van der Waals surface area contributed by atoms with Crippen molar-refractivity contribution >= 4 is 22.6 Å². The molecule has 0 unspecified atom stereocenters. The van der Waals surface area contributed by atoms with E-state index in [-0.39, 0.29) is 5.56 Å². The zero-order valence-electron chi connectivity index (χ0n) is 20.7. The molecule has 6 nitrogen and oxygen atoms in total. The van der Waals surface area contributed by atoms with Gasteiger partial charge >= 0.3 is 0 Å². The number of aryl methyl sites for hydroxylation is 1. The minimum Gasteiger partial charge on any atom is -0.286 e. The van der Waals surface area contributed by atoms with Crippen LogP contribution in [0.2, 0.25) is 5.15 Å². The summed E-state index contributed by atoms with van der Waals surface area (Å²) in [5.41, 5.74) is 6.21. The standard InChI is InChI=1S/C30H24ClN5O/c1-19-26(30(37)36(34(19)3)23-17-11-6-12-18-23)35-27(22-15-9-5-10-16-22)24(21-13-7-4-8-14-21)25-28(31)32-20(2)33-29(25)35/h4-18H,1-3H3. The lowest BCUT2D eigenvalue weighted by atomic mass is 9.99. The van der Waals surface area contributed by atoms with Crippen molar-refractivity contribution in [2.45, 2.75) is 13.8 Å². The Morgan fingerprint density at radius 1 is 0.757 bits per heavy atom. The third kappa shape index (κ3) is 3.60. The molecule has 0 spiro atoms. The van der Waals surface area contributed by atoms with Gasteiger partial charge in [0.1, 0.15) is 16.7 Å². The second kappa shape index (κ2) is 8.91. The summed E-state index contributed by atoms with van der Waals surface area (Å²) in [6.07, 6.45) is 0. The maximum atomic E-state index is 14.2. The monoisotopic (exact) mass is 505 g/mol. The molecule has 182 valence electrons. The van der Waals surface area contributed by atoms with Crippen molar-refractivity contribution in [1.29, 1.82) is 0 Å². The molecule has 0 saturated carbocycles. The largest absolute Gasteiger partial charge is 0.296 e. The highest BCUT2D eigenvalue weighted by Crippen LogP contribution is 2.44. The van der Waals surface area contributed by atoms with Crippen molar-refractivity contribution in [3.63, 3.8) is 0 Å². The predicted octanol–water partition coefficient (Wildman–Crippen LogP) is 6.51. The molecule has 0 amide bonds. The molecular formula is C30H24ClN5O. The molecule has 0 N–H and O–H groups in total. The molecule has 3 aromatic carbocycles. The Hall–Kier alpha value is -4.42. The SMILES string of the molecule is Cc1nc(Cl)c2c(-c3ccccc3)c(-c3ccccc3)n(-c3c(C)n(C)n(-c4ccccc4)c3=O)c2n1. The maximum Gasteiger partial charge on any atom is 0.296 e. The first-order chi connectivity index (χ1) is 18.0. The van der Waals surface area contributed by atoms with Crippen LogP contribution >= 0.6 is 11.6 Å². The van der Waals surface area contributed by atoms with Gasteiger partial charge < -0.3 is 0 Å². The number of rotatable bonds is 4. The zero-order valence-corrected chi connectivity index (χ0v) is 21.4. The molecule has 0 fully saturated rings. The van der Waals surface area contributed by atoms with Gasteiger partial charge in [-0.3, -0.25) is 14.0 Å². The number of aromatic nitrogens is 5. The van der Waals surface area contributed by atoms with Crippen LogP contribution in [0.25, 0.3) is 44.8 Å². The number of para-hydroxylation sites is 1. The van der Waals surface area contributed by atoms with Crippen LogP contribution in [0.5, 0.6) is 0 Å². The summed E-state index contributed by atoms with van der Waals surface area (Å²) in [4.78, 5) is 23.5. The van der Waals surface area contributed by atoms with E-state index in [0.717, 1.165) is 33.8 Å². The summed E-state index contributed by atoms with van der Waals surface area (Å²) in [6.45, 7) is 3.77. The first-order valence-electron chi connectivity index (χ1n) is 12.0. The fraction of sp³-hybridized carbons (Fsp3) is 0.100. The van der Waals surface area contributed by atoms with Crippen LogP contribution in [0.4, 0.5) is 0 Å². The molecule has 0 aliphatic carbocycles. The number of nitrogens with zero attached hydrogens (tertiary/aromatic N) is 5. The second-order valence-electron chi connectivity index (χ2n) is 8.96. The summed E-state index contributed by atoms with van der Waals surface area (Å²) in [5.74, 6) is 0.535. The molecule has 3 heterocycles. The first kappa shape index (κ1) is 23.0. The average molecular weight is 506 g/mol. The maximum absolute atomic E-state index is 14.2. The summed E-state index contributed by atoms with van der Waals surface area (Å²) in [7, 11) is 1.90. The van der Waals surface area contributed by atoms with E-state index in [2.05, 4.69) is 4.98 Å². The van der Waals surface area contributed by atoms with Crippen LogP contribution in [0.3, 0.4) is 0 Å². The van der Waals surface area contributed by atoms with E-state index in [1.165, 1.54) is 0 Å². The van der Waals surface area contributed by atoms with E-state index in [9.17, 15) is 4.79 Å². The molecule has 7 heteroatoms. The van der Waals surface area contributed by atoms with Gasteiger partial charge in [-0.25, -0.2) is 14.6 Å². The molecule has 0 aliphatic rings. The van der Waals surface area contributed by atoms with E-state index in [1.54, 1.807) is 4.68 Å². The highest BCUT2D eigenvalue weighted by Gasteiger charge is 2.29. The van der Waals surface area contributed by atoms with Crippen LogP contribution in [0, 0.1) is 13.8 Å². The van der Waals surface area contributed by atoms with Crippen molar-refractivity contribution in [2.24, 2.45) is 7.05 Å². The number of fused-ring (bicyclic) bond motifs is 1. The van der Waals surface area contributed by atoms with Gasteiger partial charge in [-0.1, -0.05) is 90.5 Å². The molecule has 6 aromatic rings. The number of benzene rings is 3. The first-order valence-corrected chi connectivity index (χ1v) is 12.4. The van der Waals surface area contributed by atoms with Gasteiger partial charge in [0, 0.05) is 12.6 Å². The Morgan fingerprint density at radius 2 is 1.32 bits per heavy atom. The Balaban J connectivity index is 1.83. The highest BCUT2D eigenvalue weighted by atomic mass is 35.5. The lowest BCUT2D eigenvalue weighted by Crippen LogP contribution is -2.21. The lowest BCUT2D eigenvalue weighted by Gasteiger charge is -2.12. The van der Waals surface area contributed by atoms with Crippen LogP contribution in [0.15, 0.2) is 95.8 Å². The van der Waals surface area contributed by atoms with Gasteiger partial charge in [0.15, 0.2) is 5.65 Å². The van der Waals surface area contributed by atoms with Gasteiger partial charge in [0.2, 0.25) is 0 Å². The molecule has 37 heavy (non-hydrogen) atoms. The van der Waals surface area contributed by atoms with Gasteiger partial charge in [0.25, 0.3) is 5.56 Å². The van der Waals surface area contributed by atoms with E-state index in [4.69, 9.17) is 16.6 Å². The number of halogens is 1. The molecular weight excluding hydrogens is 482 g/mol. The summed E-state index contributed by atoms with van der Waals surface area (Å²) in [5, 5.41) is 1.07. The van der Waals surface area contributed by atoms with Crippen molar-refractivity contribution in [3.05, 3.63) is 118 Å². The number of hydrogen-bond acceptors (Lipinski definition) is 3. The zero-order chi connectivity index (χ0) is 25.7. The van der Waals surface area contributed by atoms with Crippen molar-refractivity contribution in [3.8, 4) is 33.8 Å². The van der Waals surface area contributed by atoms with Gasteiger partial charge in [-0.2, -0.15) is 0 Å². The summed E-state index contributed by atoms with van der Waals surface area (Å²) >= 11 is 6.84. The molecule has 0 atom stereocenters. The van der Waals surface area contributed by atoms with E-state index in [1.807, 2.05) is 121 Å². The Labute approximate surface area is 219 Å². The quantitative estimate of drug-likeness (QED) is 0.256. The normalized spacial score (nSPS) is 11.4. The van der Waals surface area contributed by atoms with E-state index < -0.39 is 0 Å². The lowest BCUT2D eigenvalue weighted by molar-refractivity contribution is 0.630. The third-order valence-electron chi connectivity index (χ3n) is 6.74. The van der Waals surface area contributed by atoms with Crippen LogP contribution in [-0.4, -0.2) is 23.9 Å². The molecule has 6 rings (SSSR count). The minimum atomic E-state index is -0.146. The second-order valence-corrected chi connectivity index (χ2v) is 9.32. The summed E-state index contributed by atoms with van der Waals surface area (Å²) < 4.78 is 5.53. The van der Waals surface area contributed by atoms with Crippen LogP contribution in [0.1, 0.15) is 11.5 Å². The molecule has 0 aliphatic heterocycles. The van der Waals surface area contributed by atoms with Crippen LogP contribution in [-0.2, 0) is 7.05 Å². The molecule has 3 aromatic heterocycles. The highest BCUT2D eigenvalue weighted by molar-refractivity contribution is 6.35. The van der Waals surface area contributed by atoms with Crippen molar-refractivity contribution in [2.75, 3.05) is 0 Å². The Bertz CT molecular complexity index is 1820. The fourth-order valence-electron chi connectivity index (χ4n) is 5.02. The smallest absolute Gasteiger partial charge is 0.286 e. The van der Waals surface area contributed by atoms with Crippen molar-refractivity contribution in [1.82, 2.24) is 23.9 Å². The Kier molecular flexibility index (Phi) is 5.54. The van der Waals surface area contributed by atoms with Crippen molar-refractivity contribution < 1.29 is 0 Å². The fourth-order valence-corrected chi connectivity index (χ4v) is 5.32. The van der Waals surface area contributed by atoms with Gasteiger partial charge in [-0.15, -0.1) is 0 Å². The van der Waals surface area contributed by atoms with Gasteiger partial charge in [-0.05, 0) is 37.1 Å². The molecule has 0 saturated heterocycles. The minimum absolute atomic E-state index is 0.146.